The lowest BCUT2D eigenvalue weighted by molar-refractivity contribution is -0.384. The van der Waals surface area contributed by atoms with Crippen molar-refractivity contribution >= 4 is 29.6 Å². The number of amides is 3. The maximum absolute atomic E-state index is 12.1. The van der Waals surface area contributed by atoms with Gasteiger partial charge in [0.25, 0.3) is 11.6 Å². The minimum atomic E-state index is -1.07. The molecule has 1 aromatic carbocycles. The van der Waals surface area contributed by atoms with Crippen molar-refractivity contribution < 1.29 is 33.6 Å². The molecule has 0 saturated heterocycles. The van der Waals surface area contributed by atoms with Gasteiger partial charge in [0.1, 0.15) is 0 Å². The smallest absolute Gasteiger partial charge is 0.338 e. The van der Waals surface area contributed by atoms with Crippen LogP contribution in [0, 0.1) is 10.1 Å². The van der Waals surface area contributed by atoms with Crippen molar-refractivity contribution in [3.8, 4) is 0 Å². The molecular formula is C17H19N3O8. The molecule has 11 nitrogen and oxygen atoms in total. The summed E-state index contributed by atoms with van der Waals surface area (Å²) in [4.78, 5) is 57.2. The van der Waals surface area contributed by atoms with Gasteiger partial charge in [0, 0.05) is 18.2 Å². The number of nitro benzene ring substituents is 1. The Hall–Kier alpha value is -3.50. The molecule has 0 heterocycles. The molecule has 0 spiro atoms. The number of non-ortho nitro benzene ring substituents is 1. The first kappa shape index (κ1) is 20.8. The summed E-state index contributed by atoms with van der Waals surface area (Å²) in [5.74, 6) is -2.80. The minimum absolute atomic E-state index is 0.0111. The normalized spacial score (nSPS) is 13.5. The summed E-state index contributed by atoms with van der Waals surface area (Å²) in [6.07, 6.45) is 3.69. The van der Waals surface area contributed by atoms with Gasteiger partial charge >= 0.3 is 18.0 Å². The Morgan fingerprint density at radius 1 is 1.11 bits per heavy atom. The number of nitrogens with zero attached hydrogens (tertiary/aromatic N) is 1. The number of benzene rings is 1. The van der Waals surface area contributed by atoms with Gasteiger partial charge in [0.05, 0.1) is 23.2 Å². The van der Waals surface area contributed by atoms with Gasteiger partial charge in [-0.25, -0.2) is 14.4 Å². The zero-order chi connectivity index (χ0) is 20.7. The van der Waals surface area contributed by atoms with Crippen molar-refractivity contribution in [2.45, 2.75) is 31.7 Å². The van der Waals surface area contributed by atoms with E-state index >= 15 is 0 Å². The summed E-state index contributed by atoms with van der Waals surface area (Å²) >= 11 is 0. The number of rotatable bonds is 6. The molecule has 0 unspecified atom stereocenters. The van der Waals surface area contributed by atoms with Crippen LogP contribution in [0.15, 0.2) is 18.2 Å². The number of carbonyl (C=O) groups is 4. The molecule has 3 amide bonds. The number of nitrogens with one attached hydrogen (secondary N) is 2. The van der Waals surface area contributed by atoms with E-state index in [0.717, 1.165) is 51.0 Å². The molecule has 1 fully saturated rings. The van der Waals surface area contributed by atoms with Crippen LogP contribution in [0.3, 0.4) is 0 Å². The van der Waals surface area contributed by atoms with Gasteiger partial charge in [0.15, 0.2) is 6.61 Å². The van der Waals surface area contributed by atoms with Crippen LogP contribution < -0.4 is 10.6 Å². The fourth-order valence-electron chi connectivity index (χ4n) is 2.74. The Kier molecular flexibility index (Phi) is 7.02. The maximum Gasteiger partial charge on any atom is 0.338 e. The molecule has 0 bridgehead atoms. The molecule has 0 aromatic heterocycles. The standard InChI is InChI=1S/C17H19N3O8/c1-27-15(22)10-6-11(8-13(7-10)20(25)26)16(23)28-9-14(21)19-17(24)18-12-4-2-3-5-12/h6-8,12H,2-5,9H2,1H3,(H2,18,19,21,24). The second kappa shape index (κ2) is 9.44. The van der Waals surface area contributed by atoms with E-state index in [2.05, 4.69) is 10.1 Å². The molecule has 1 aromatic rings. The summed E-state index contributed by atoms with van der Waals surface area (Å²) in [5.41, 5.74) is -1.04. The largest absolute Gasteiger partial charge is 0.465 e. The average molecular weight is 393 g/mol. The SMILES string of the molecule is COC(=O)c1cc(C(=O)OCC(=O)NC(=O)NC2CCCC2)cc([N+](=O)[O-])c1. The Labute approximate surface area is 159 Å². The van der Waals surface area contributed by atoms with Crippen LogP contribution in [0.25, 0.3) is 0 Å². The zero-order valence-electron chi connectivity index (χ0n) is 15.1. The third kappa shape index (κ3) is 5.76. The van der Waals surface area contributed by atoms with Gasteiger partial charge in [-0.1, -0.05) is 12.8 Å². The molecule has 1 saturated carbocycles. The molecule has 2 N–H and O–H groups in total. The van der Waals surface area contributed by atoms with Crippen LogP contribution in [0.5, 0.6) is 0 Å². The van der Waals surface area contributed by atoms with E-state index in [4.69, 9.17) is 4.74 Å². The summed E-state index contributed by atoms with van der Waals surface area (Å²) in [7, 11) is 1.08. The first-order valence-corrected chi connectivity index (χ1v) is 8.45. The van der Waals surface area contributed by atoms with Crippen LogP contribution in [0.4, 0.5) is 10.5 Å². The number of nitro groups is 1. The van der Waals surface area contributed by atoms with E-state index in [-0.39, 0.29) is 17.2 Å². The van der Waals surface area contributed by atoms with Crippen LogP contribution in [-0.4, -0.2) is 48.6 Å². The van der Waals surface area contributed by atoms with Crippen molar-refractivity contribution in [2.75, 3.05) is 13.7 Å². The van der Waals surface area contributed by atoms with Crippen LogP contribution >= 0.6 is 0 Å². The van der Waals surface area contributed by atoms with Gasteiger partial charge in [0.2, 0.25) is 0 Å². The number of esters is 2. The molecule has 0 aliphatic heterocycles. The van der Waals surface area contributed by atoms with E-state index in [1.54, 1.807) is 0 Å². The Bertz CT molecular complexity index is 802. The van der Waals surface area contributed by atoms with Crippen molar-refractivity contribution in [1.82, 2.24) is 10.6 Å². The van der Waals surface area contributed by atoms with Crippen LogP contribution in [-0.2, 0) is 14.3 Å². The summed E-state index contributed by atoms with van der Waals surface area (Å²) in [5, 5.41) is 15.6. The molecule has 28 heavy (non-hydrogen) atoms. The van der Waals surface area contributed by atoms with Gasteiger partial charge in [-0.3, -0.25) is 20.2 Å². The predicted molar refractivity (Wildman–Crippen MR) is 93.6 cm³/mol. The highest BCUT2D eigenvalue weighted by atomic mass is 16.6. The second-order valence-corrected chi connectivity index (χ2v) is 6.10. The molecule has 150 valence electrons. The Morgan fingerprint density at radius 3 is 2.29 bits per heavy atom. The number of imide groups is 1. The van der Waals surface area contributed by atoms with E-state index in [1.807, 2.05) is 5.32 Å². The lowest BCUT2D eigenvalue weighted by Crippen LogP contribution is -2.45. The van der Waals surface area contributed by atoms with E-state index < -0.39 is 41.1 Å². The maximum atomic E-state index is 12.1. The van der Waals surface area contributed by atoms with Gasteiger partial charge < -0.3 is 14.8 Å². The number of hydrogen-bond donors (Lipinski definition) is 2. The number of carbonyl (C=O) groups excluding carboxylic acids is 4. The first-order valence-electron chi connectivity index (χ1n) is 8.45. The third-order valence-electron chi connectivity index (χ3n) is 4.06. The van der Waals surface area contributed by atoms with Crippen molar-refractivity contribution in [3.63, 3.8) is 0 Å². The zero-order valence-corrected chi connectivity index (χ0v) is 15.1. The van der Waals surface area contributed by atoms with Crippen molar-refractivity contribution in [2.24, 2.45) is 0 Å². The second-order valence-electron chi connectivity index (χ2n) is 6.10. The fraction of sp³-hybridized carbons (Fsp3) is 0.412. The highest BCUT2D eigenvalue weighted by Gasteiger charge is 2.21. The van der Waals surface area contributed by atoms with Crippen LogP contribution in [0.2, 0.25) is 0 Å². The lowest BCUT2D eigenvalue weighted by atomic mass is 10.1. The highest BCUT2D eigenvalue weighted by Crippen LogP contribution is 2.19. The van der Waals surface area contributed by atoms with Gasteiger partial charge in [-0.05, 0) is 18.9 Å². The van der Waals surface area contributed by atoms with Gasteiger partial charge in [-0.2, -0.15) is 0 Å². The average Bonchev–Trinajstić information content (AvgIpc) is 3.17. The minimum Gasteiger partial charge on any atom is -0.465 e. The number of ether oxygens (including phenoxy) is 2. The summed E-state index contributed by atoms with van der Waals surface area (Å²) in [6, 6.07) is 2.22. The van der Waals surface area contributed by atoms with Crippen molar-refractivity contribution in [3.05, 3.63) is 39.4 Å². The van der Waals surface area contributed by atoms with Crippen LogP contribution in [0.1, 0.15) is 46.4 Å². The molecule has 0 atom stereocenters. The molecule has 2 rings (SSSR count). The third-order valence-corrected chi connectivity index (χ3v) is 4.06. The molecule has 11 heteroatoms. The number of hydrogen-bond acceptors (Lipinski definition) is 8. The van der Waals surface area contributed by atoms with E-state index in [1.165, 1.54) is 0 Å². The summed E-state index contributed by atoms with van der Waals surface area (Å²) < 4.78 is 9.24. The predicted octanol–water partition coefficient (Wildman–Crippen LogP) is 1.31. The topological polar surface area (TPSA) is 154 Å². The molecule has 1 aliphatic rings. The Morgan fingerprint density at radius 2 is 1.71 bits per heavy atom. The summed E-state index contributed by atoms with van der Waals surface area (Å²) in [6.45, 7) is -0.771. The van der Waals surface area contributed by atoms with E-state index in [9.17, 15) is 29.3 Å². The van der Waals surface area contributed by atoms with Gasteiger partial charge in [-0.15, -0.1) is 0 Å². The highest BCUT2D eigenvalue weighted by molar-refractivity contribution is 5.99. The molecule has 1 aliphatic carbocycles. The number of urea groups is 1. The van der Waals surface area contributed by atoms with Crippen molar-refractivity contribution in [1.29, 1.82) is 0 Å². The lowest BCUT2D eigenvalue weighted by Gasteiger charge is -2.12. The number of methoxy groups -OCH3 is 1. The first-order chi connectivity index (χ1) is 13.3. The molecule has 0 radical (unpaired) electrons. The molecular weight excluding hydrogens is 374 g/mol. The quantitative estimate of drug-likeness (QED) is 0.416. The Balaban J connectivity index is 1.95. The fourth-order valence-corrected chi connectivity index (χ4v) is 2.74. The monoisotopic (exact) mass is 393 g/mol. The van der Waals surface area contributed by atoms with E-state index in [0.29, 0.717) is 0 Å².